The van der Waals surface area contributed by atoms with E-state index in [2.05, 4.69) is 19.9 Å². The normalized spacial score (nSPS) is 26.4. The number of fused-ring (bicyclic) bond motifs is 1. The molecular formula is C16H20N4O. The van der Waals surface area contributed by atoms with Gasteiger partial charge in [-0.3, -0.25) is 4.98 Å². The number of hydrogen-bond acceptors (Lipinski definition) is 5. The van der Waals surface area contributed by atoms with Crippen LogP contribution in [0, 0.1) is 5.92 Å². The molecule has 21 heavy (non-hydrogen) atoms. The lowest BCUT2D eigenvalue weighted by molar-refractivity contribution is 0.0454. The minimum Gasteiger partial charge on any atom is -0.381 e. The smallest absolute Gasteiger partial charge is 0.158 e. The van der Waals surface area contributed by atoms with E-state index < -0.39 is 0 Å². The molecule has 2 atom stereocenters. The first-order valence-electron chi connectivity index (χ1n) is 7.83. The van der Waals surface area contributed by atoms with Crippen LogP contribution in [0.1, 0.15) is 25.7 Å². The lowest BCUT2D eigenvalue weighted by Gasteiger charge is -2.34. The van der Waals surface area contributed by atoms with E-state index in [1.54, 1.807) is 6.33 Å². The number of hydrogen-bond donors (Lipinski definition) is 0. The number of pyridine rings is 1. The van der Waals surface area contributed by atoms with Crippen LogP contribution in [0.3, 0.4) is 0 Å². The predicted molar refractivity (Wildman–Crippen MR) is 81.2 cm³/mol. The van der Waals surface area contributed by atoms with Crippen LogP contribution >= 0.6 is 0 Å². The largest absolute Gasteiger partial charge is 0.381 e. The van der Waals surface area contributed by atoms with Gasteiger partial charge in [-0.15, -0.1) is 0 Å². The fourth-order valence-electron chi connectivity index (χ4n) is 3.71. The third-order valence-corrected chi connectivity index (χ3v) is 4.69. The van der Waals surface area contributed by atoms with Crippen LogP contribution in [-0.2, 0) is 4.74 Å². The molecule has 2 aliphatic heterocycles. The predicted octanol–water partition coefficient (Wildman–Crippen LogP) is 2.42. The van der Waals surface area contributed by atoms with E-state index in [1.165, 1.54) is 25.7 Å². The Morgan fingerprint density at radius 3 is 3.05 bits per heavy atom. The summed E-state index contributed by atoms with van der Waals surface area (Å²) < 4.78 is 5.69. The molecule has 0 aromatic carbocycles. The SMILES string of the molecule is c1cnc2c(N3CCCC3C3CCCOC3)ncnc2c1. The van der Waals surface area contributed by atoms with E-state index in [-0.39, 0.29) is 0 Å². The summed E-state index contributed by atoms with van der Waals surface area (Å²) in [7, 11) is 0. The van der Waals surface area contributed by atoms with Crippen molar-refractivity contribution in [3.05, 3.63) is 24.7 Å². The molecule has 0 aliphatic carbocycles. The fraction of sp³-hybridized carbons (Fsp3) is 0.562. The maximum absolute atomic E-state index is 5.69. The highest BCUT2D eigenvalue weighted by Gasteiger charge is 2.34. The van der Waals surface area contributed by atoms with Gasteiger partial charge in [0.25, 0.3) is 0 Å². The zero-order valence-electron chi connectivity index (χ0n) is 12.1. The number of rotatable bonds is 2. The van der Waals surface area contributed by atoms with Crippen LogP contribution in [0.5, 0.6) is 0 Å². The van der Waals surface area contributed by atoms with Crippen LogP contribution < -0.4 is 4.90 Å². The van der Waals surface area contributed by atoms with Gasteiger partial charge in [0.2, 0.25) is 0 Å². The molecule has 0 saturated carbocycles. The summed E-state index contributed by atoms with van der Waals surface area (Å²) in [5.74, 6) is 1.61. The molecule has 0 N–H and O–H groups in total. The molecule has 2 aliphatic rings. The van der Waals surface area contributed by atoms with Crippen molar-refractivity contribution in [1.29, 1.82) is 0 Å². The van der Waals surface area contributed by atoms with Gasteiger partial charge >= 0.3 is 0 Å². The van der Waals surface area contributed by atoms with E-state index >= 15 is 0 Å². The van der Waals surface area contributed by atoms with Gasteiger partial charge < -0.3 is 9.64 Å². The highest BCUT2D eigenvalue weighted by atomic mass is 16.5. The van der Waals surface area contributed by atoms with Gasteiger partial charge in [0, 0.05) is 31.3 Å². The highest BCUT2D eigenvalue weighted by Crippen LogP contribution is 2.34. The van der Waals surface area contributed by atoms with Gasteiger partial charge in [0.05, 0.1) is 12.1 Å². The van der Waals surface area contributed by atoms with Gasteiger partial charge in [0.1, 0.15) is 11.8 Å². The molecular weight excluding hydrogens is 264 g/mol. The second-order valence-corrected chi connectivity index (χ2v) is 5.95. The maximum Gasteiger partial charge on any atom is 0.158 e. The van der Waals surface area contributed by atoms with Crippen LogP contribution in [0.4, 0.5) is 5.82 Å². The lowest BCUT2D eigenvalue weighted by atomic mass is 9.92. The average molecular weight is 284 g/mol. The summed E-state index contributed by atoms with van der Waals surface area (Å²) in [5.41, 5.74) is 1.84. The Bertz CT molecular complexity index is 621. The van der Waals surface area contributed by atoms with Gasteiger partial charge in [-0.2, -0.15) is 0 Å². The maximum atomic E-state index is 5.69. The van der Waals surface area contributed by atoms with Crippen molar-refractivity contribution in [2.45, 2.75) is 31.7 Å². The van der Waals surface area contributed by atoms with Crippen LogP contribution in [0.2, 0.25) is 0 Å². The highest BCUT2D eigenvalue weighted by molar-refractivity contribution is 5.85. The molecule has 4 rings (SSSR count). The minimum atomic E-state index is 0.533. The molecule has 110 valence electrons. The van der Waals surface area contributed by atoms with Crippen LogP contribution in [-0.4, -0.2) is 40.8 Å². The lowest BCUT2D eigenvalue weighted by Crippen LogP contribution is -2.40. The third-order valence-electron chi connectivity index (χ3n) is 4.69. The zero-order valence-corrected chi connectivity index (χ0v) is 12.1. The Balaban J connectivity index is 1.69. The number of ether oxygens (including phenoxy) is 1. The van der Waals surface area contributed by atoms with E-state index in [9.17, 15) is 0 Å². The zero-order chi connectivity index (χ0) is 14.1. The Morgan fingerprint density at radius 2 is 2.14 bits per heavy atom. The first-order chi connectivity index (χ1) is 10.4. The minimum absolute atomic E-state index is 0.533. The Labute approximate surface area is 124 Å². The molecule has 5 nitrogen and oxygen atoms in total. The standard InChI is InChI=1S/C16H20N4O/c1-5-13-15(17-7-1)16(19-11-18-13)20-8-2-6-14(20)12-4-3-9-21-10-12/h1,5,7,11-12,14H,2-4,6,8-10H2. The van der Waals surface area contributed by atoms with Crippen molar-refractivity contribution in [3.63, 3.8) is 0 Å². The van der Waals surface area contributed by atoms with Crippen molar-refractivity contribution in [1.82, 2.24) is 15.0 Å². The molecule has 2 aromatic heterocycles. The summed E-state index contributed by atoms with van der Waals surface area (Å²) in [4.78, 5) is 15.8. The van der Waals surface area contributed by atoms with Crippen molar-refractivity contribution >= 4 is 16.9 Å². The summed E-state index contributed by atoms with van der Waals surface area (Å²) in [5, 5.41) is 0. The summed E-state index contributed by atoms with van der Waals surface area (Å²) in [6.45, 7) is 2.86. The molecule has 2 fully saturated rings. The van der Waals surface area contributed by atoms with Gasteiger partial charge in [-0.05, 0) is 37.8 Å². The number of anilines is 1. The molecule has 2 saturated heterocycles. The van der Waals surface area contributed by atoms with Crippen LogP contribution in [0.15, 0.2) is 24.7 Å². The van der Waals surface area contributed by atoms with E-state index in [0.717, 1.165) is 36.6 Å². The van der Waals surface area contributed by atoms with Crippen molar-refractivity contribution in [2.24, 2.45) is 5.92 Å². The van der Waals surface area contributed by atoms with Crippen molar-refractivity contribution in [3.8, 4) is 0 Å². The first-order valence-corrected chi connectivity index (χ1v) is 7.83. The van der Waals surface area contributed by atoms with Crippen LogP contribution in [0.25, 0.3) is 11.0 Å². The number of aromatic nitrogens is 3. The summed E-state index contributed by atoms with van der Waals surface area (Å²) in [6.07, 6.45) is 8.37. The van der Waals surface area contributed by atoms with E-state index in [1.807, 2.05) is 18.3 Å². The first kappa shape index (κ1) is 13.0. The van der Waals surface area contributed by atoms with E-state index in [4.69, 9.17) is 4.74 Å². The van der Waals surface area contributed by atoms with E-state index in [0.29, 0.717) is 12.0 Å². The van der Waals surface area contributed by atoms with Crippen molar-refractivity contribution < 1.29 is 4.74 Å². The second-order valence-electron chi connectivity index (χ2n) is 5.95. The molecule has 0 spiro atoms. The molecule has 0 amide bonds. The average Bonchev–Trinajstić information content (AvgIpc) is 3.04. The topological polar surface area (TPSA) is 51.1 Å². The monoisotopic (exact) mass is 284 g/mol. The van der Waals surface area contributed by atoms with Gasteiger partial charge in [0.15, 0.2) is 5.82 Å². The summed E-state index contributed by atoms with van der Waals surface area (Å²) in [6, 6.07) is 4.46. The Hall–Kier alpha value is -1.75. The molecule has 2 unspecified atom stereocenters. The fourth-order valence-corrected chi connectivity index (χ4v) is 3.71. The molecule has 5 heteroatoms. The molecule has 2 aromatic rings. The Kier molecular flexibility index (Phi) is 3.43. The molecule has 0 radical (unpaired) electrons. The van der Waals surface area contributed by atoms with Gasteiger partial charge in [-0.1, -0.05) is 0 Å². The third kappa shape index (κ3) is 2.35. The Morgan fingerprint density at radius 1 is 1.14 bits per heavy atom. The molecule has 4 heterocycles. The summed E-state index contributed by atoms with van der Waals surface area (Å²) >= 11 is 0. The number of nitrogens with zero attached hydrogens (tertiary/aromatic N) is 4. The second kappa shape index (κ2) is 5.56. The van der Waals surface area contributed by atoms with Gasteiger partial charge in [-0.25, -0.2) is 9.97 Å². The van der Waals surface area contributed by atoms with Crippen molar-refractivity contribution in [2.75, 3.05) is 24.7 Å². The molecule has 0 bridgehead atoms. The quantitative estimate of drug-likeness (QED) is 0.847.